The Morgan fingerprint density at radius 2 is 2.07 bits per heavy atom. The number of rotatable bonds is 5. The zero-order valence-corrected chi connectivity index (χ0v) is 8.83. The third-order valence-electron chi connectivity index (χ3n) is 2.06. The Bertz CT molecular complexity index is 321. The van der Waals surface area contributed by atoms with Crippen LogP contribution in [-0.4, -0.2) is 17.8 Å². The van der Waals surface area contributed by atoms with Crippen molar-refractivity contribution in [2.45, 2.75) is 19.4 Å². The molecule has 0 saturated carbocycles. The van der Waals surface area contributed by atoms with E-state index in [4.69, 9.17) is 5.11 Å². The molecule has 0 bridgehead atoms. The lowest BCUT2D eigenvalue weighted by atomic mass is 10.1. The molecule has 1 unspecified atom stereocenters. The summed E-state index contributed by atoms with van der Waals surface area (Å²) in [6, 6.07) is 6.54. The third kappa shape index (κ3) is 4.02. The molecule has 0 amide bonds. The van der Waals surface area contributed by atoms with Gasteiger partial charge in [0.15, 0.2) is 0 Å². The summed E-state index contributed by atoms with van der Waals surface area (Å²) in [6.45, 7) is 5.05. The van der Waals surface area contributed by atoms with Gasteiger partial charge >= 0.3 is 0 Å². The van der Waals surface area contributed by atoms with Crippen LogP contribution in [0.5, 0.6) is 5.75 Å². The zero-order chi connectivity index (χ0) is 11.3. The van der Waals surface area contributed by atoms with E-state index >= 15 is 0 Å². The Labute approximate surface area is 89.4 Å². The van der Waals surface area contributed by atoms with E-state index in [-0.39, 0.29) is 11.8 Å². The number of phenols is 1. The monoisotopic (exact) mass is 209 g/mol. The lowest BCUT2D eigenvalue weighted by Crippen LogP contribution is -2.31. The zero-order valence-electron chi connectivity index (χ0n) is 8.83. The average Bonchev–Trinajstić information content (AvgIpc) is 2.19. The van der Waals surface area contributed by atoms with Crippen molar-refractivity contribution in [1.82, 2.24) is 5.32 Å². The Hall–Kier alpha value is -1.51. The molecule has 2 nitrogen and oxygen atoms in total. The van der Waals surface area contributed by atoms with Crippen molar-refractivity contribution >= 4 is 0 Å². The first-order valence-electron chi connectivity index (χ1n) is 4.87. The highest BCUT2D eigenvalue weighted by molar-refractivity contribution is 5.26. The molecule has 0 heterocycles. The van der Waals surface area contributed by atoms with Crippen molar-refractivity contribution in [1.29, 1.82) is 0 Å². The molecule has 0 aliphatic heterocycles. The van der Waals surface area contributed by atoms with Gasteiger partial charge in [0, 0.05) is 5.70 Å². The van der Waals surface area contributed by atoms with Crippen molar-refractivity contribution in [2.75, 3.05) is 6.67 Å². The molecule has 0 fully saturated rings. The second kappa shape index (κ2) is 5.39. The fourth-order valence-corrected chi connectivity index (χ4v) is 1.41. The van der Waals surface area contributed by atoms with Crippen molar-refractivity contribution in [3.8, 4) is 5.75 Å². The summed E-state index contributed by atoms with van der Waals surface area (Å²) < 4.78 is 12.6. The maximum absolute atomic E-state index is 12.6. The second-order valence-electron chi connectivity index (χ2n) is 3.65. The normalized spacial score (nSPS) is 12.1. The fraction of sp³-hybridized carbons (Fsp3) is 0.333. The molecule has 0 spiro atoms. The van der Waals surface area contributed by atoms with Crippen molar-refractivity contribution in [3.63, 3.8) is 0 Å². The van der Waals surface area contributed by atoms with Crippen molar-refractivity contribution in [3.05, 3.63) is 42.1 Å². The maximum Gasteiger partial charge on any atom is 0.115 e. The predicted molar refractivity (Wildman–Crippen MR) is 59.5 cm³/mol. The van der Waals surface area contributed by atoms with Gasteiger partial charge in [0.2, 0.25) is 0 Å². The molecule has 1 atom stereocenters. The van der Waals surface area contributed by atoms with E-state index in [1.165, 1.54) is 0 Å². The standard InChI is InChI=1S/C12H16FNO/c1-9(2)14-11(8-13)7-10-3-5-12(15)6-4-10/h3-6,11,14-15H,1,7-8H2,2H3. The summed E-state index contributed by atoms with van der Waals surface area (Å²) in [5, 5.41) is 12.1. The van der Waals surface area contributed by atoms with Gasteiger partial charge in [-0.15, -0.1) is 0 Å². The number of benzene rings is 1. The first-order chi connectivity index (χ1) is 7.11. The number of phenolic OH excluding ortho intramolecular Hbond substituents is 1. The topological polar surface area (TPSA) is 32.3 Å². The third-order valence-corrected chi connectivity index (χ3v) is 2.06. The average molecular weight is 209 g/mol. The summed E-state index contributed by atoms with van der Waals surface area (Å²) >= 11 is 0. The van der Waals surface area contributed by atoms with Gasteiger partial charge in [0.25, 0.3) is 0 Å². The molecule has 0 aromatic heterocycles. The number of aromatic hydroxyl groups is 1. The van der Waals surface area contributed by atoms with Gasteiger partial charge in [-0.25, -0.2) is 4.39 Å². The first kappa shape index (κ1) is 11.6. The predicted octanol–water partition coefficient (Wildman–Crippen LogP) is 2.40. The van der Waals surface area contributed by atoms with Crippen LogP contribution in [0.2, 0.25) is 0 Å². The summed E-state index contributed by atoms with van der Waals surface area (Å²) in [7, 11) is 0. The van der Waals surface area contributed by atoms with E-state index in [2.05, 4.69) is 11.9 Å². The molecule has 0 saturated heterocycles. The Kier molecular flexibility index (Phi) is 4.16. The number of nitrogens with one attached hydrogen (secondary N) is 1. The van der Waals surface area contributed by atoms with Crippen LogP contribution in [0.25, 0.3) is 0 Å². The molecule has 2 N–H and O–H groups in total. The van der Waals surface area contributed by atoms with E-state index in [0.29, 0.717) is 6.42 Å². The number of allylic oxidation sites excluding steroid dienone is 1. The van der Waals surface area contributed by atoms with Crippen LogP contribution in [0.3, 0.4) is 0 Å². The van der Waals surface area contributed by atoms with Crippen LogP contribution in [-0.2, 0) is 6.42 Å². The van der Waals surface area contributed by atoms with Crippen molar-refractivity contribution in [2.24, 2.45) is 0 Å². The minimum absolute atomic E-state index is 0.225. The van der Waals surface area contributed by atoms with E-state index in [1.807, 2.05) is 0 Å². The summed E-state index contributed by atoms with van der Waals surface area (Å²) in [4.78, 5) is 0. The number of halogens is 1. The SMILES string of the molecule is C=C(C)NC(CF)Cc1ccc(O)cc1. The van der Waals surface area contributed by atoms with Gasteiger partial charge in [-0.1, -0.05) is 18.7 Å². The first-order valence-corrected chi connectivity index (χ1v) is 4.87. The number of alkyl halides is 1. The van der Waals surface area contributed by atoms with Crippen LogP contribution in [0, 0.1) is 0 Å². The molecule has 0 aliphatic carbocycles. The summed E-state index contributed by atoms with van der Waals surface area (Å²) in [5.41, 5.74) is 1.75. The Morgan fingerprint density at radius 3 is 2.53 bits per heavy atom. The molecule has 3 heteroatoms. The Balaban J connectivity index is 2.58. The molecule has 15 heavy (non-hydrogen) atoms. The second-order valence-corrected chi connectivity index (χ2v) is 3.65. The minimum atomic E-state index is -0.437. The van der Waals surface area contributed by atoms with Crippen LogP contribution in [0.1, 0.15) is 12.5 Å². The van der Waals surface area contributed by atoms with Crippen LogP contribution < -0.4 is 5.32 Å². The molecule has 82 valence electrons. The lowest BCUT2D eigenvalue weighted by molar-refractivity contribution is 0.391. The smallest absolute Gasteiger partial charge is 0.115 e. The highest BCUT2D eigenvalue weighted by Gasteiger charge is 2.08. The van der Waals surface area contributed by atoms with Crippen LogP contribution >= 0.6 is 0 Å². The molecule has 1 rings (SSSR count). The van der Waals surface area contributed by atoms with Gasteiger partial charge < -0.3 is 10.4 Å². The minimum Gasteiger partial charge on any atom is -0.508 e. The highest BCUT2D eigenvalue weighted by Crippen LogP contribution is 2.11. The van der Waals surface area contributed by atoms with Gasteiger partial charge in [-0.3, -0.25) is 0 Å². The fourth-order valence-electron chi connectivity index (χ4n) is 1.41. The Morgan fingerprint density at radius 1 is 1.47 bits per heavy atom. The van der Waals surface area contributed by atoms with Gasteiger partial charge in [-0.05, 0) is 31.0 Å². The van der Waals surface area contributed by atoms with Crippen molar-refractivity contribution < 1.29 is 9.50 Å². The van der Waals surface area contributed by atoms with Gasteiger partial charge in [0.05, 0.1) is 6.04 Å². The van der Waals surface area contributed by atoms with E-state index in [9.17, 15) is 4.39 Å². The van der Waals surface area contributed by atoms with E-state index in [1.54, 1.807) is 31.2 Å². The summed E-state index contributed by atoms with van der Waals surface area (Å²) in [5.74, 6) is 0.225. The molecule has 0 radical (unpaired) electrons. The molecule has 1 aromatic rings. The largest absolute Gasteiger partial charge is 0.508 e. The highest BCUT2D eigenvalue weighted by atomic mass is 19.1. The van der Waals surface area contributed by atoms with Gasteiger partial charge in [0.1, 0.15) is 12.4 Å². The van der Waals surface area contributed by atoms with Gasteiger partial charge in [-0.2, -0.15) is 0 Å². The summed E-state index contributed by atoms with van der Waals surface area (Å²) in [6.07, 6.45) is 0.587. The molecule has 1 aromatic carbocycles. The number of hydrogen-bond donors (Lipinski definition) is 2. The van der Waals surface area contributed by atoms with Crippen LogP contribution in [0.4, 0.5) is 4.39 Å². The van der Waals surface area contributed by atoms with Crippen LogP contribution in [0.15, 0.2) is 36.5 Å². The van der Waals surface area contributed by atoms with E-state index < -0.39 is 6.67 Å². The maximum atomic E-state index is 12.6. The number of hydrogen-bond acceptors (Lipinski definition) is 2. The lowest BCUT2D eigenvalue weighted by Gasteiger charge is -2.16. The molecule has 0 aliphatic rings. The molecular formula is C12H16FNO. The van der Waals surface area contributed by atoms with E-state index in [0.717, 1.165) is 11.3 Å². The quantitative estimate of drug-likeness (QED) is 0.780. The molecular weight excluding hydrogens is 193 g/mol.